The third kappa shape index (κ3) is 6.64. The zero-order valence-corrected chi connectivity index (χ0v) is 25.5. The maximum absolute atomic E-state index is 13.2. The van der Waals surface area contributed by atoms with Gasteiger partial charge in [-0.2, -0.15) is 0 Å². The van der Waals surface area contributed by atoms with Gasteiger partial charge in [-0.25, -0.2) is 4.79 Å². The van der Waals surface area contributed by atoms with Crippen LogP contribution in [0.2, 0.25) is 0 Å². The van der Waals surface area contributed by atoms with E-state index in [9.17, 15) is 9.59 Å². The number of benzene rings is 3. The van der Waals surface area contributed by atoms with Gasteiger partial charge < -0.3 is 19.4 Å². The van der Waals surface area contributed by atoms with Crippen LogP contribution in [0.5, 0.6) is 5.75 Å². The molecule has 1 atom stereocenters. The number of nitrogens with one attached hydrogen (secondary N) is 1. The summed E-state index contributed by atoms with van der Waals surface area (Å²) in [5.74, 6) is 0.598. The monoisotopic (exact) mass is 554 g/mol. The van der Waals surface area contributed by atoms with Gasteiger partial charge in [-0.3, -0.25) is 4.79 Å². The molecule has 6 heteroatoms. The Bertz CT molecular complexity index is 1550. The van der Waals surface area contributed by atoms with Crippen molar-refractivity contribution >= 4 is 22.8 Å². The van der Waals surface area contributed by atoms with E-state index >= 15 is 0 Å². The lowest BCUT2D eigenvalue weighted by molar-refractivity contribution is -0.158. The van der Waals surface area contributed by atoms with Crippen molar-refractivity contribution in [3.8, 4) is 5.75 Å². The van der Waals surface area contributed by atoms with Crippen LogP contribution in [0.25, 0.3) is 10.9 Å². The predicted molar refractivity (Wildman–Crippen MR) is 165 cm³/mol. The van der Waals surface area contributed by atoms with Crippen molar-refractivity contribution in [1.29, 1.82) is 0 Å². The van der Waals surface area contributed by atoms with Crippen LogP contribution in [0, 0.1) is 6.92 Å². The Morgan fingerprint density at radius 2 is 1.63 bits per heavy atom. The number of aromatic nitrogens is 1. The lowest BCUT2D eigenvalue weighted by atomic mass is 9.99. The highest BCUT2D eigenvalue weighted by Gasteiger charge is 2.31. The molecule has 0 unspecified atom stereocenters. The van der Waals surface area contributed by atoms with E-state index in [1.54, 1.807) is 20.8 Å². The summed E-state index contributed by atoms with van der Waals surface area (Å²) in [5, 5.41) is 4.26. The molecule has 1 amide bonds. The summed E-state index contributed by atoms with van der Waals surface area (Å²) in [4.78, 5) is 25.5. The number of hydrogen-bond donors (Lipinski definition) is 1. The molecule has 6 nitrogen and oxygen atoms in total. The van der Waals surface area contributed by atoms with Crippen molar-refractivity contribution in [3.63, 3.8) is 0 Å². The summed E-state index contributed by atoms with van der Waals surface area (Å²) in [5.41, 5.74) is 6.31. The van der Waals surface area contributed by atoms with Gasteiger partial charge in [0.1, 0.15) is 5.75 Å². The standard InChI is InChI=1S/C35H42N2O4/c1-9-40-34(39)35(6,7)41-29-12-10-11-25(19-29)20-31-24(5)37(8)32-21-28(17-18-30(31)32)33(38)36-23(4)27-15-13-26(14-16-27)22(2)3/h10-19,21-23H,9,20H2,1-8H3,(H,36,38)/t23-/m0/s1. The van der Waals surface area contributed by atoms with Gasteiger partial charge >= 0.3 is 5.97 Å². The second-order valence-corrected chi connectivity index (χ2v) is 11.5. The molecular formula is C35H42N2O4. The van der Waals surface area contributed by atoms with Crippen LogP contribution in [0.3, 0.4) is 0 Å². The lowest BCUT2D eigenvalue weighted by Gasteiger charge is -2.24. The average molecular weight is 555 g/mol. The zero-order chi connectivity index (χ0) is 29.9. The highest BCUT2D eigenvalue weighted by Crippen LogP contribution is 2.30. The molecule has 3 aromatic carbocycles. The minimum Gasteiger partial charge on any atom is -0.476 e. The van der Waals surface area contributed by atoms with Gasteiger partial charge in [0.2, 0.25) is 0 Å². The number of rotatable bonds is 10. The minimum absolute atomic E-state index is 0.0956. The first-order chi connectivity index (χ1) is 19.4. The summed E-state index contributed by atoms with van der Waals surface area (Å²) in [6.07, 6.45) is 0.690. The van der Waals surface area contributed by atoms with Crippen molar-refractivity contribution in [2.75, 3.05) is 6.61 Å². The van der Waals surface area contributed by atoms with Gasteiger partial charge in [-0.05, 0) is 93.5 Å². The van der Waals surface area contributed by atoms with Crippen molar-refractivity contribution in [2.45, 2.75) is 72.4 Å². The van der Waals surface area contributed by atoms with E-state index in [-0.39, 0.29) is 11.9 Å². The summed E-state index contributed by atoms with van der Waals surface area (Å²) in [7, 11) is 2.03. The Hall–Kier alpha value is -4.06. The second-order valence-electron chi connectivity index (χ2n) is 11.5. The number of fused-ring (bicyclic) bond motifs is 1. The van der Waals surface area contributed by atoms with Crippen molar-refractivity contribution < 1.29 is 19.1 Å². The molecule has 0 bridgehead atoms. The molecule has 1 heterocycles. The third-order valence-electron chi connectivity index (χ3n) is 7.76. The van der Waals surface area contributed by atoms with E-state index in [1.165, 1.54) is 11.1 Å². The fourth-order valence-electron chi connectivity index (χ4n) is 5.10. The molecule has 0 radical (unpaired) electrons. The van der Waals surface area contributed by atoms with Crippen LogP contribution >= 0.6 is 0 Å². The van der Waals surface area contributed by atoms with Gasteiger partial charge in [-0.15, -0.1) is 0 Å². The van der Waals surface area contributed by atoms with Gasteiger partial charge in [0, 0.05) is 29.2 Å². The van der Waals surface area contributed by atoms with Gasteiger partial charge in [0.15, 0.2) is 5.60 Å². The highest BCUT2D eigenvalue weighted by molar-refractivity contribution is 5.99. The molecule has 41 heavy (non-hydrogen) atoms. The molecular weight excluding hydrogens is 512 g/mol. The average Bonchev–Trinajstić information content (AvgIpc) is 3.17. The third-order valence-corrected chi connectivity index (χ3v) is 7.76. The number of carbonyl (C=O) groups excluding carboxylic acids is 2. The van der Waals surface area contributed by atoms with Gasteiger partial charge in [-0.1, -0.05) is 56.3 Å². The smallest absolute Gasteiger partial charge is 0.349 e. The SMILES string of the molecule is CCOC(=O)C(C)(C)Oc1cccc(Cc2c(C)n(C)c3cc(C(=O)N[C@@H](C)c4ccc(C(C)C)cc4)ccc23)c1. The molecule has 0 saturated heterocycles. The highest BCUT2D eigenvalue weighted by atomic mass is 16.6. The molecule has 4 rings (SSSR count). The summed E-state index contributed by atoms with van der Waals surface area (Å²) in [6, 6.07) is 22.1. The molecule has 216 valence electrons. The zero-order valence-electron chi connectivity index (χ0n) is 25.5. The molecule has 0 aliphatic carbocycles. The van der Waals surface area contributed by atoms with E-state index in [0.29, 0.717) is 30.3 Å². The summed E-state index contributed by atoms with van der Waals surface area (Å²) in [6.45, 7) is 14.0. The van der Waals surface area contributed by atoms with Crippen LogP contribution < -0.4 is 10.1 Å². The maximum atomic E-state index is 13.2. The molecule has 1 N–H and O–H groups in total. The first kappa shape index (κ1) is 29.9. The number of amides is 1. The molecule has 0 aliphatic heterocycles. The van der Waals surface area contributed by atoms with Crippen LogP contribution in [-0.2, 0) is 23.0 Å². The van der Waals surface area contributed by atoms with Crippen LogP contribution in [-0.4, -0.2) is 28.7 Å². The van der Waals surface area contributed by atoms with Crippen LogP contribution in [0.4, 0.5) is 0 Å². The quantitative estimate of drug-likeness (QED) is 0.207. The lowest BCUT2D eigenvalue weighted by Crippen LogP contribution is -2.39. The topological polar surface area (TPSA) is 69.6 Å². The number of nitrogens with zero attached hydrogens (tertiary/aromatic N) is 1. The first-order valence-electron chi connectivity index (χ1n) is 14.3. The Morgan fingerprint density at radius 3 is 2.29 bits per heavy atom. The molecule has 0 spiro atoms. The Kier molecular flexibility index (Phi) is 8.91. The summed E-state index contributed by atoms with van der Waals surface area (Å²) < 4.78 is 13.3. The van der Waals surface area contributed by atoms with Crippen molar-refractivity contribution in [1.82, 2.24) is 9.88 Å². The molecule has 0 fully saturated rings. The van der Waals surface area contributed by atoms with Gasteiger partial charge in [0.05, 0.1) is 12.6 Å². The largest absolute Gasteiger partial charge is 0.476 e. The first-order valence-corrected chi connectivity index (χ1v) is 14.3. The summed E-state index contributed by atoms with van der Waals surface area (Å²) >= 11 is 0. The fraction of sp³-hybridized carbons (Fsp3) is 0.371. The molecule has 4 aromatic rings. The number of esters is 1. The molecule has 0 saturated carbocycles. The maximum Gasteiger partial charge on any atom is 0.349 e. The number of ether oxygens (including phenoxy) is 2. The molecule has 0 aliphatic rings. The number of aryl methyl sites for hydroxylation is 1. The predicted octanol–water partition coefficient (Wildman–Crippen LogP) is 7.41. The van der Waals surface area contributed by atoms with E-state index in [1.807, 2.05) is 50.4 Å². The second kappa shape index (κ2) is 12.2. The Balaban J connectivity index is 1.53. The van der Waals surface area contributed by atoms with Crippen LogP contribution in [0.15, 0.2) is 66.7 Å². The fourth-order valence-corrected chi connectivity index (χ4v) is 5.10. The minimum atomic E-state index is -1.09. The van der Waals surface area contributed by atoms with E-state index < -0.39 is 11.6 Å². The molecule has 1 aromatic heterocycles. The van der Waals surface area contributed by atoms with Crippen molar-refractivity contribution in [2.24, 2.45) is 7.05 Å². The van der Waals surface area contributed by atoms with E-state index in [4.69, 9.17) is 9.47 Å². The number of carbonyl (C=O) groups is 2. The number of hydrogen-bond acceptors (Lipinski definition) is 4. The Morgan fingerprint density at radius 1 is 0.951 bits per heavy atom. The van der Waals surface area contributed by atoms with Crippen molar-refractivity contribution in [3.05, 3.63) is 100 Å². The van der Waals surface area contributed by atoms with Gasteiger partial charge in [0.25, 0.3) is 5.91 Å². The normalized spacial score (nSPS) is 12.4. The van der Waals surface area contributed by atoms with Crippen LogP contribution in [0.1, 0.15) is 91.8 Å². The Labute approximate surface area is 243 Å². The van der Waals surface area contributed by atoms with E-state index in [0.717, 1.165) is 27.7 Å². The van der Waals surface area contributed by atoms with E-state index in [2.05, 4.69) is 61.0 Å².